The van der Waals surface area contributed by atoms with Crippen LogP contribution in [0.5, 0.6) is 0 Å². The van der Waals surface area contributed by atoms with Gasteiger partial charge in [-0.15, -0.1) is 0 Å². The molecule has 5 heteroatoms. The van der Waals surface area contributed by atoms with Crippen LogP contribution in [0.3, 0.4) is 0 Å². The summed E-state index contributed by atoms with van der Waals surface area (Å²) in [5.41, 5.74) is 2.45. The molecule has 1 fully saturated rings. The Bertz CT molecular complexity index is 732. The van der Waals surface area contributed by atoms with Gasteiger partial charge in [0.05, 0.1) is 0 Å². The molecule has 132 valence electrons. The van der Waals surface area contributed by atoms with Crippen LogP contribution < -0.4 is 10.0 Å². The summed E-state index contributed by atoms with van der Waals surface area (Å²) in [6.07, 6.45) is 5.14. The van der Waals surface area contributed by atoms with Gasteiger partial charge in [0.15, 0.2) is 6.20 Å². The van der Waals surface area contributed by atoms with Crippen molar-refractivity contribution in [1.29, 1.82) is 0 Å². The lowest BCUT2D eigenvalue weighted by Crippen LogP contribution is -2.39. The molecule has 1 amide bonds. The number of nitrogens with one attached hydrogen (secondary N) is 1. The maximum Gasteiger partial charge on any atom is 0.317 e. The Morgan fingerprint density at radius 3 is 2.72 bits per heavy atom. The van der Waals surface area contributed by atoms with Crippen molar-refractivity contribution < 1.29 is 9.52 Å². The molecular weight excluding hydrogens is 314 g/mol. The third-order valence-electron chi connectivity index (χ3n) is 4.93. The highest BCUT2D eigenvalue weighted by Crippen LogP contribution is 2.20. The Morgan fingerprint density at radius 1 is 1.20 bits per heavy atom. The zero-order valence-electron chi connectivity index (χ0n) is 14.6. The van der Waals surface area contributed by atoms with Crippen molar-refractivity contribution in [1.82, 2.24) is 10.2 Å². The minimum atomic E-state index is -0.350. The first-order valence-corrected chi connectivity index (χ1v) is 8.92. The molecule has 2 heterocycles. The number of pyridine rings is 1. The average Bonchev–Trinajstić information content (AvgIpc) is 2.63. The molecule has 1 saturated heterocycles. The van der Waals surface area contributed by atoms with E-state index in [1.807, 2.05) is 18.2 Å². The van der Waals surface area contributed by atoms with E-state index < -0.39 is 0 Å². The number of likely N-dealkylation sites (tertiary alicyclic amines) is 1. The van der Waals surface area contributed by atoms with Gasteiger partial charge in [-0.3, -0.25) is 9.69 Å². The molecule has 5 nitrogen and oxygen atoms in total. The van der Waals surface area contributed by atoms with Crippen LogP contribution in [0.25, 0.3) is 0 Å². The normalized spacial score (nSPS) is 18.0. The third-order valence-corrected chi connectivity index (χ3v) is 4.93. The monoisotopic (exact) mass is 339 g/mol. The van der Waals surface area contributed by atoms with Gasteiger partial charge in [-0.2, -0.15) is 4.73 Å². The van der Waals surface area contributed by atoms with Gasteiger partial charge >= 0.3 is 5.91 Å². The van der Waals surface area contributed by atoms with Crippen LogP contribution in [0.1, 0.15) is 47.8 Å². The van der Waals surface area contributed by atoms with Crippen LogP contribution >= 0.6 is 0 Å². The van der Waals surface area contributed by atoms with Crippen molar-refractivity contribution in [2.75, 3.05) is 6.54 Å². The number of carbonyl (C=O) groups is 1. The number of hydrogen-bond donors (Lipinski definition) is 1. The van der Waals surface area contributed by atoms with Crippen molar-refractivity contribution in [2.24, 2.45) is 0 Å². The fourth-order valence-electron chi connectivity index (χ4n) is 3.37. The highest BCUT2D eigenvalue weighted by atomic mass is 16.5. The number of aromatic nitrogens is 1. The summed E-state index contributed by atoms with van der Waals surface area (Å²) in [7, 11) is 0. The van der Waals surface area contributed by atoms with Gasteiger partial charge in [-0.25, -0.2) is 0 Å². The first-order valence-electron chi connectivity index (χ1n) is 8.92. The van der Waals surface area contributed by atoms with Crippen molar-refractivity contribution >= 4 is 5.91 Å². The summed E-state index contributed by atoms with van der Waals surface area (Å²) < 4.78 is 0.594. The number of benzene rings is 1. The Morgan fingerprint density at radius 2 is 1.96 bits per heavy atom. The molecule has 0 radical (unpaired) electrons. The molecular formula is C20H25N3O2. The van der Waals surface area contributed by atoms with Gasteiger partial charge in [-0.1, -0.05) is 30.7 Å². The number of rotatable bonds is 5. The lowest BCUT2D eigenvalue weighted by molar-refractivity contribution is -0.607. The minimum absolute atomic E-state index is 0.115. The molecule has 1 N–H and O–H groups in total. The van der Waals surface area contributed by atoms with Crippen molar-refractivity contribution in [3.63, 3.8) is 0 Å². The Kier molecular flexibility index (Phi) is 5.66. The van der Waals surface area contributed by atoms with E-state index in [0.717, 1.165) is 18.7 Å². The molecule has 0 bridgehead atoms. The van der Waals surface area contributed by atoms with Gasteiger partial charge in [0, 0.05) is 31.3 Å². The maximum atomic E-state index is 12.2. The van der Waals surface area contributed by atoms with E-state index in [0.29, 0.717) is 17.3 Å². The molecule has 1 aromatic carbocycles. The second-order valence-electron chi connectivity index (χ2n) is 6.68. The largest absolute Gasteiger partial charge is 0.618 e. The molecule has 3 rings (SSSR count). The van der Waals surface area contributed by atoms with Gasteiger partial charge in [0.2, 0.25) is 0 Å². The predicted molar refractivity (Wildman–Crippen MR) is 96.7 cm³/mol. The number of amides is 1. The van der Waals surface area contributed by atoms with Crippen LogP contribution in [-0.4, -0.2) is 23.4 Å². The molecule has 1 aliphatic rings. The average molecular weight is 339 g/mol. The van der Waals surface area contributed by atoms with E-state index in [4.69, 9.17) is 0 Å². The summed E-state index contributed by atoms with van der Waals surface area (Å²) in [5.74, 6) is -0.350. The van der Waals surface area contributed by atoms with E-state index in [2.05, 4.69) is 23.2 Å². The summed E-state index contributed by atoms with van der Waals surface area (Å²) in [5, 5.41) is 14.6. The van der Waals surface area contributed by atoms with E-state index in [9.17, 15) is 10.0 Å². The van der Waals surface area contributed by atoms with Gasteiger partial charge < -0.3 is 10.5 Å². The van der Waals surface area contributed by atoms with E-state index in [-0.39, 0.29) is 11.6 Å². The topological polar surface area (TPSA) is 59.3 Å². The molecule has 25 heavy (non-hydrogen) atoms. The molecule has 0 spiro atoms. The minimum Gasteiger partial charge on any atom is -0.618 e. The highest BCUT2D eigenvalue weighted by Gasteiger charge is 2.20. The quantitative estimate of drug-likeness (QED) is 0.673. The first-order chi connectivity index (χ1) is 12.1. The van der Waals surface area contributed by atoms with Crippen LogP contribution in [0.2, 0.25) is 0 Å². The van der Waals surface area contributed by atoms with Gasteiger partial charge in [0.1, 0.15) is 0 Å². The maximum absolute atomic E-state index is 12.2. The second-order valence-corrected chi connectivity index (χ2v) is 6.68. The van der Waals surface area contributed by atoms with Gasteiger partial charge in [-0.05, 0) is 43.5 Å². The number of carbonyl (C=O) groups excluding carboxylic acids is 1. The molecule has 2 aromatic rings. The third kappa shape index (κ3) is 4.37. The Hall–Kier alpha value is -2.40. The molecule has 0 aliphatic carbocycles. The lowest BCUT2D eigenvalue weighted by atomic mass is 10.0. The summed E-state index contributed by atoms with van der Waals surface area (Å²) in [6.45, 7) is 4.74. The first kappa shape index (κ1) is 17.4. The number of piperidine rings is 1. The number of nitrogens with zero attached hydrogens (tertiary/aromatic N) is 2. The fraction of sp³-hybridized carbons (Fsp3) is 0.400. The molecule has 1 aliphatic heterocycles. The van der Waals surface area contributed by atoms with Crippen LogP contribution in [0.15, 0.2) is 48.7 Å². The smallest absolute Gasteiger partial charge is 0.317 e. The summed E-state index contributed by atoms with van der Waals surface area (Å²) in [6, 6.07) is 13.6. The SMILES string of the molecule is CC1CCCCN1Cc1ccccc1CNC(=O)c1cccc[n+]1[O-]. The Labute approximate surface area is 148 Å². The van der Waals surface area contributed by atoms with Crippen LogP contribution in [-0.2, 0) is 13.1 Å². The van der Waals surface area contributed by atoms with Gasteiger partial charge in [0.25, 0.3) is 5.69 Å². The predicted octanol–water partition coefficient (Wildman–Crippen LogP) is 2.62. The lowest BCUT2D eigenvalue weighted by Gasteiger charge is -2.33. The zero-order valence-corrected chi connectivity index (χ0v) is 14.6. The van der Waals surface area contributed by atoms with Crippen molar-refractivity contribution in [2.45, 2.75) is 45.3 Å². The van der Waals surface area contributed by atoms with Crippen LogP contribution in [0.4, 0.5) is 0 Å². The summed E-state index contributed by atoms with van der Waals surface area (Å²) >= 11 is 0. The molecule has 1 aromatic heterocycles. The molecule has 1 atom stereocenters. The van der Waals surface area contributed by atoms with E-state index in [1.165, 1.54) is 37.1 Å². The number of hydrogen-bond acceptors (Lipinski definition) is 3. The molecule has 0 saturated carbocycles. The second kappa shape index (κ2) is 8.12. The van der Waals surface area contributed by atoms with Crippen LogP contribution in [0, 0.1) is 5.21 Å². The zero-order chi connectivity index (χ0) is 17.6. The van der Waals surface area contributed by atoms with E-state index >= 15 is 0 Å². The van der Waals surface area contributed by atoms with E-state index in [1.54, 1.807) is 12.1 Å². The molecule has 1 unspecified atom stereocenters. The summed E-state index contributed by atoms with van der Waals surface area (Å²) in [4.78, 5) is 14.8. The highest BCUT2D eigenvalue weighted by molar-refractivity contribution is 5.90. The standard InChI is InChI=1S/C20H25N3O2/c1-16-8-4-6-12-22(16)15-18-10-3-2-9-17(18)14-21-20(24)19-11-5-7-13-23(19)25/h2-3,5,7,9-11,13,16H,4,6,8,12,14-15H2,1H3,(H,21,24). The van der Waals surface area contributed by atoms with Crippen molar-refractivity contribution in [3.8, 4) is 0 Å². The Balaban J connectivity index is 1.67. The fourth-order valence-corrected chi connectivity index (χ4v) is 3.37. The van der Waals surface area contributed by atoms with Crippen molar-refractivity contribution in [3.05, 3.63) is 70.7 Å².